The highest BCUT2D eigenvalue weighted by molar-refractivity contribution is 5.70. The Labute approximate surface area is 110 Å². The standard InChI is InChI=1S/C10H12FN5O4/c11-10(19)1-5(20-4(10)2-17)16-3-13-6-7(16)14-9(12)15-8(6)18/h3-5,17,19H,1-2H2,(H3,12,14,15,18). The first-order chi connectivity index (χ1) is 9.42. The van der Waals surface area contributed by atoms with E-state index >= 15 is 0 Å². The molecule has 3 heterocycles. The number of imidazole rings is 1. The van der Waals surface area contributed by atoms with Crippen molar-refractivity contribution in [1.29, 1.82) is 0 Å². The van der Waals surface area contributed by atoms with Crippen LogP contribution in [0.5, 0.6) is 0 Å². The number of hydrogen-bond acceptors (Lipinski definition) is 7. The number of nitrogens with one attached hydrogen (secondary N) is 1. The molecular weight excluding hydrogens is 273 g/mol. The van der Waals surface area contributed by atoms with Crippen LogP contribution >= 0.6 is 0 Å². The second-order valence-corrected chi connectivity index (χ2v) is 4.56. The molecule has 0 aliphatic carbocycles. The van der Waals surface area contributed by atoms with Gasteiger partial charge in [0.15, 0.2) is 11.2 Å². The zero-order chi connectivity index (χ0) is 14.5. The molecule has 1 saturated heterocycles. The highest BCUT2D eigenvalue weighted by Crippen LogP contribution is 2.38. The van der Waals surface area contributed by atoms with Gasteiger partial charge in [-0.05, 0) is 0 Å². The van der Waals surface area contributed by atoms with Crippen molar-refractivity contribution < 1.29 is 19.3 Å². The molecule has 0 bridgehead atoms. The van der Waals surface area contributed by atoms with Gasteiger partial charge in [-0.1, -0.05) is 0 Å². The Bertz CT molecular complexity index is 711. The topological polar surface area (TPSA) is 139 Å². The number of anilines is 1. The van der Waals surface area contributed by atoms with E-state index in [2.05, 4.69) is 15.0 Å². The van der Waals surface area contributed by atoms with Crippen LogP contribution in [0.15, 0.2) is 11.1 Å². The lowest BCUT2D eigenvalue weighted by atomic mass is 10.1. The van der Waals surface area contributed by atoms with Crippen molar-refractivity contribution in [2.24, 2.45) is 0 Å². The lowest BCUT2D eigenvalue weighted by Gasteiger charge is -2.16. The van der Waals surface area contributed by atoms with Crippen molar-refractivity contribution in [1.82, 2.24) is 19.5 Å². The van der Waals surface area contributed by atoms with Crippen molar-refractivity contribution >= 4 is 17.1 Å². The van der Waals surface area contributed by atoms with Gasteiger partial charge in [0, 0.05) is 0 Å². The maximum Gasteiger partial charge on any atom is 0.280 e. The van der Waals surface area contributed by atoms with Crippen LogP contribution in [0.3, 0.4) is 0 Å². The van der Waals surface area contributed by atoms with E-state index in [1.807, 2.05) is 0 Å². The van der Waals surface area contributed by atoms with Crippen LogP contribution in [0, 0.1) is 0 Å². The number of rotatable bonds is 2. The molecule has 3 atom stereocenters. The Kier molecular flexibility index (Phi) is 2.74. The predicted molar refractivity (Wildman–Crippen MR) is 64.2 cm³/mol. The molecule has 108 valence electrons. The predicted octanol–water partition coefficient (Wildman–Crippen LogP) is -1.36. The number of nitrogens with two attached hydrogens (primary N) is 1. The summed E-state index contributed by atoms with van der Waals surface area (Å²) in [5, 5.41) is 18.5. The van der Waals surface area contributed by atoms with Gasteiger partial charge in [-0.3, -0.25) is 14.3 Å². The number of aliphatic hydroxyl groups is 2. The first-order valence-electron chi connectivity index (χ1n) is 5.82. The zero-order valence-electron chi connectivity index (χ0n) is 10.2. The molecule has 1 aliphatic rings. The molecular formula is C10H12FN5O4. The average molecular weight is 285 g/mol. The number of fused-ring (bicyclic) bond motifs is 1. The third-order valence-electron chi connectivity index (χ3n) is 3.20. The number of aromatic nitrogens is 4. The Morgan fingerprint density at radius 3 is 3.10 bits per heavy atom. The van der Waals surface area contributed by atoms with Gasteiger partial charge in [0.05, 0.1) is 19.4 Å². The lowest BCUT2D eigenvalue weighted by molar-refractivity contribution is -0.150. The fraction of sp³-hybridized carbons (Fsp3) is 0.500. The lowest BCUT2D eigenvalue weighted by Crippen LogP contribution is -2.35. The molecule has 2 aromatic heterocycles. The highest BCUT2D eigenvalue weighted by atomic mass is 19.2. The van der Waals surface area contributed by atoms with E-state index in [0.29, 0.717) is 0 Å². The summed E-state index contributed by atoms with van der Waals surface area (Å²) < 4.78 is 20.3. The number of nitrogens with zero attached hydrogens (tertiary/aromatic N) is 3. The van der Waals surface area contributed by atoms with Gasteiger partial charge in [-0.25, -0.2) is 9.37 Å². The Morgan fingerprint density at radius 2 is 2.45 bits per heavy atom. The minimum atomic E-state index is -2.66. The summed E-state index contributed by atoms with van der Waals surface area (Å²) in [5.41, 5.74) is 5.06. The zero-order valence-corrected chi connectivity index (χ0v) is 10.2. The summed E-state index contributed by atoms with van der Waals surface area (Å²) >= 11 is 0. The first-order valence-corrected chi connectivity index (χ1v) is 5.82. The summed E-state index contributed by atoms with van der Waals surface area (Å²) in [7, 11) is 0. The number of ether oxygens (including phenoxy) is 1. The second kappa shape index (κ2) is 4.23. The summed E-state index contributed by atoms with van der Waals surface area (Å²) in [6.45, 7) is -0.674. The largest absolute Gasteiger partial charge is 0.393 e. The smallest absolute Gasteiger partial charge is 0.280 e. The molecule has 20 heavy (non-hydrogen) atoms. The SMILES string of the molecule is Nc1nc2c(ncn2C2CC(O)(F)C(CO)O2)c(=O)[nH]1. The second-order valence-electron chi connectivity index (χ2n) is 4.56. The molecule has 1 fully saturated rings. The van der Waals surface area contributed by atoms with E-state index < -0.39 is 36.8 Å². The van der Waals surface area contributed by atoms with E-state index in [0.717, 1.165) is 0 Å². The normalized spacial score (nSPS) is 30.1. The van der Waals surface area contributed by atoms with Crippen molar-refractivity contribution in [2.45, 2.75) is 24.6 Å². The number of halogens is 1. The number of alkyl halides is 1. The van der Waals surface area contributed by atoms with Crippen molar-refractivity contribution in [3.05, 3.63) is 16.7 Å². The number of hydrogen-bond donors (Lipinski definition) is 4. The van der Waals surface area contributed by atoms with E-state index in [1.54, 1.807) is 0 Å². The molecule has 3 rings (SSSR count). The van der Waals surface area contributed by atoms with Gasteiger partial charge in [0.1, 0.15) is 12.3 Å². The third kappa shape index (κ3) is 1.85. The molecule has 0 amide bonds. The minimum Gasteiger partial charge on any atom is -0.393 e. The van der Waals surface area contributed by atoms with Crippen LogP contribution < -0.4 is 11.3 Å². The quantitative estimate of drug-likeness (QED) is 0.534. The van der Waals surface area contributed by atoms with Gasteiger partial charge in [0.2, 0.25) is 11.8 Å². The number of aliphatic hydroxyl groups excluding tert-OH is 1. The molecule has 1 aliphatic heterocycles. The van der Waals surface area contributed by atoms with Gasteiger partial charge < -0.3 is 20.7 Å². The number of aromatic amines is 1. The molecule has 5 N–H and O–H groups in total. The summed E-state index contributed by atoms with van der Waals surface area (Å²) in [6.07, 6.45) is -1.49. The maximum atomic E-state index is 13.8. The molecule has 0 spiro atoms. The fourth-order valence-electron chi connectivity index (χ4n) is 2.22. The van der Waals surface area contributed by atoms with Gasteiger partial charge in [-0.2, -0.15) is 4.98 Å². The summed E-state index contributed by atoms with van der Waals surface area (Å²) in [6, 6.07) is 0. The van der Waals surface area contributed by atoms with Crippen LogP contribution in [0.1, 0.15) is 12.6 Å². The van der Waals surface area contributed by atoms with Crippen molar-refractivity contribution in [2.75, 3.05) is 12.3 Å². The van der Waals surface area contributed by atoms with Crippen LogP contribution in [0.25, 0.3) is 11.2 Å². The summed E-state index contributed by atoms with van der Waals surface area (Å²) in [5.74, 6) is -2.78. The van der Waals surface area contributed by atoms with Gasteiger partial charge in [-0.15, -0.1) is 0 Å². The fourth-order valence-corrected chi connectivity index (χ4v) is 2.22. The van der Waals surface area contributed by atoms with Crippen LogP contribution in [-0.4, -0.2) is 48.3 Å². The van der Waals surface area contributed by atoms with E-state index in [9.17, 15) is 14.3 Å². The van der Waals surface area contributed by atoms with Crippen LogP contribution in [-0.2, 0) is 4.74 Å². The summed E-state index contributed by atoms with van der Waals surface area (Å²) in [4.78, 5) is 21.7. The third-order valence-corrected chi connectivity index (χ3v) is 3.20. The van der Waals surface area contributed by atoms with E-state index in [1.165, 1.54) is 10.9 Å². The van der Waals surface area contributed by atoms with Crippen LogP contribution in [0.2, 0.25) is 0 Å². The van der Waals surface area contributed by atoms with Crippen molar-refractivity contribution in [3.8, 4) is 0 Å². The van der Waals surface area contributed by atoms with Gasteiger partial charge in [0.25, 0.3) is 5.56 Å². The molecule has 2 aromatic rings. The van der Waals surface area contributed by atoms with E-state index in [-0.39, 0.29) is 17.1 Å². The monoisotopic (exact) mass is 285 g/mol. The minimum absolute atomic E-state index is 0.0256. The van der Waals surface area contributed by atoms with Crippen molar-refractivity contribution in [3.63, 3.8) is 0 Å². The molecule has 10 heteroatoms. The number of nitrogen functional groups attached to an aromatic ring is 1. The Balaban J connectivity index is 2.06. The Hall–Kier alpha value is -2.04. The van der Waals surface area contributed by atoms with Gasteiger partial charge >= 0.3 is 0 Å². The number of H-pyrrole nitrogens is 1. The molecule has 0 saturated carbocycles. The average Bonchev–Trinajstić information content (AvgIpc) is 2.89. The van der Waals surface area contributed by atoms with Crippen LogP contribution in [0.4, 0.5) is 10.3 Å². The highest BCUT2D eigenvalue weighted by Gasteiger charge is 2.48. The molecule has 9 nitrogen and oxygen atoms in total. The molecule has 0 radical (unpaired) electrons. The maximum absolute atomic E-state index is 13.8. The first kappa shape index (κ1) is 13.0. The molecule has 3 unspecified atom stereocenters. The van der Waals surface area contributed by atoms with E-state index in [4.69, 9.17) is 15.6 Å². The molecule has 0 aromatic carbocycles. The Morgan fingerprint density at radius 1 is 1.70 bits per heavy atom.